The molecule has 0 aromatic heterocycles. The van der Waals surface area contributed by atoms with Gasteiger partial charge in [0, 0.05) is 12.8 Å². The van der Waals surface area contributed by atoms with Crippen LogP contribution in [0.25, 0.3) is 0 Å². The normalized spacial score (nSPS) is 13.1. The highest BCUT2D eigenvalue weighted by Gasteiger charge is 2.22. The zero-order valence-corrected chi connectivity index (χ0v) is 54.4. The summed E-state index contributed by atoms with van der Waals surface area (Å²) in [5.74, 6) is -2.26. The van der Waals surface area contributed by atoms with E-state index < -0.39 is 24.3 Å². The molecule has 0 rings (SSSR count). The first kappa shape index (κ1) is 78.7. The van der Waals surface area contributed by atoms with Gasteiger partial charge in [-0.2, -0.15) is 0 Å². The summed E-state index contributed by atoms with van der Waals surface area (Å²) < 4.78 is 22.8. The van der Waals surface area contributed by atoms with Crippen LogP contribution in [0.15, 0.2) is 72.9 Å². The Balaban J connectivity index is 4.01. The number of unbranched alkanes of at least 4 members (excludes halogenated alkanes) is 37. The third-order valence-electron chi connectivity index (χ3n) is 15.2. The number of nitrogens with zero attached hydrogens (tertiary/aromatic N) is 1. The molecule has 476 valence electrons. The molecule has 0 fully saturated rings. The smallest absolute Gasteiger partial charge is 0.306 e. The van der Waals surface area contributed by atoms with Crippen molar-refractivity contribution in [1.29, 1.82) is 0 Å². The lowest BCUT2D eigenvalue weighted by Crippen LogP contribution is -2.44. The molecule has 9 nitrogen and oxygen atoms in total. The number of hydrogen-bond donors (Lipinski definition) is 0. The van der Waals surface area contributed by atoms with E-state index in [0.29, 0.717) is 23.9 Å². The fraction of sp³-hybridized carbons (Fsp3) is 0.795. The fourth-order valence-corrected chi connectivity index (χ4v) is 9.96. The molecule has 0 aromatic carbocycles. The van der Waals surface area contributed by atoms with E-state index in [0.717, 1.165) is 70.6 Å². The summed E-state index contributed by atoms with van der Waals surface area (Å²) in [7, 11) is 5.94. The summed E-state index contributed by atoms with van der Waals surface area (Å²) in [6.07, 6.45) is 81.3. The van der Waals surface area contributed by atoms with E-state index in [1.54, 1.807) is 0 Å². The molecule has 0 bridgehead atoms. The Morgan fingerprint density at radius 1 is 0.378 bits per heavy atom. The Morgan fingerprint density at radius 3 is 1.04 bits per heavy atom. The molecular formula is C73H131NO8. The molecule has 0 spiro atoms. The number of hydrogen-bond acceptors (Lipinski definition) is 8. The number of carboxylic acid groups (broad SMARTS) is 1. The van der Waals surface area contributed by atoms with Gasteiger partial charge in [-0.3, -0.25) is 9.59 Å². The maximum absolute atomic E-state index is 12.9. The Hall–Kier alpha value is -3.27. The molecule has 0 aliphatic heterocycles. The fourth-order valence-electron chi connectivity index (χ4n) is 9.96. The molecule has 82 heavy (non-hydrogen) atoms. The molecule has 0 aliphatic rings. The number of ether oxygens (including phenoxy) is 4. The minimum absolute atomic E-state index is 0.149. The summed E-state index contributed by atoms with van der Waals surface area (Å²) in [5, 5.41) is 11.8. The number of esters is 2. The van der Waals surface area contributed by atoms with Crippen molar-refractivity contribution in [2.75, 3.05) is 47.5 Å². The second-order valence-electron chi connectivity index (χ2n) is 24.4. The van der Waals surface area contributed by atoms with E-state index in [1.165, 1.54) is 212 Å². The molecule has 0 saturated heterocycles. The molecule has 0 heterocycles. The lowest BCUT2D eigenvalue weighted by Gasteiger charge is -2.26. The van der Waals surface area contributed by atoms with Crippen molar-refractivity contribution < 1.29 is 42.9 Å². The van der Waals surface area contributed by atoms with Crippen LogP contribution < -0.4 is 5.11 Å². The highest BCUT2D eigenvalue weighted by atomic mass is 16.7. The number of rotatable bonds is 64. The number of carbonyl (C=O) groups is 3. The summed E-state index contributed by atoms with van der Waals surface area (Å²) in [4.78, 5) is 37.4. The van der Waals surface area contributed by atoms with Gasteiger partial charge in [-0.15, -0.1) is 0 Å². The largest absolute Gasteiger partial charge is 0.545 e. The van der Waals surface area contributed by atoms with E-state index in [9.17, 15) is 19.5 Å². The third-order valence-corrected chi connectivity index (χ3v) is 15.2. The second-order valence-corrected chi connectivity index (χ2v) is 24.4. The molecule has 9 heteroatoms. The van der Waals surface area contributed by atoms with E-state index in [-0.39, 0.29) is 32.2 Å². The molecule has 0 N–H and O–H groups in total. The van der Waals surface area contributed by atoms with Crippen molar-refractivity contribution in [2.24, 2.45) is 0 Å². The standard InChI is InChI=1S/C73H131NO8/c1-6-8-10-12-14-16-18-20-22-24-26-27-28-29-30-31-32-33-34-35-36-37-38-39-40-41-42-43-44-45-46-48-50-52-54-56-58-60-62-64-71(76)82-69(68-81-73(72(77)78)79-66-65-74(3,4)5)67-80-70(75)63-61-59-57-55-53-51-49-47-25-23-21-19-17-15-13-11-9-7-2/h8,10,14,16,20,22,26-27,29-30,32-33,69,73H,6-7,9,11-13,15,17-19,21,23-25,28,31,34-68H2,1-5H3/b10-8-,16-14-,22-20-,27-26-,30-29-,33-32-. The SMILES string of the molecule is CC/C=C\C/C=C\C/C=C\C/C=C\C/C=C\C/C=C\CCCCCCCCCCCCCCCCCCCCCCC(=O)OC(COC(=O)CCCCCCCCCCCCCCCCCCCC)COC(OCC[N+](C)(C)C)C(=O)[O-]. The molecule has 0 aliphatic carbocycles. The zero-order valence-electron chi connectivity index (χ0n) is 54.4. The number of allylic oxidation sites excluding steroid dienone is 12. The van der Waals surface area contributed by atoms with Gasteiger partial charge in [-0.05, 0) is 64.2 Å². The van der Waals surface area contributed by atoms with Gasteiger partial charge in [0.05, 0.1) is 40.3 Å². The lowest BCUT2D eigenvalue weighted by atomic mass is 10.0. The van der Waals surface area contributed by atoms with Gasteiger partial charge in [0.2, 0.25) is 0 Å². The maximum Gasteiger partial charge on any atom is 0.306 e. The van der Waals surface area contributed by atoms with Gasteiger partial charge in [0.15, 0.2) is 12.4 Å². The van der Waals surface area contributed by atoms with Crippen molar-refractivity contribution in [2.45, 2.75) is 328 Å². The van der Waals surface area contributed by atoms with Gasteiger partial charge in [-0.25, -0.2) is 0 Å². The monoisotopic (exact) mass is 1150 g/mol. The van der Waals surface area contributed by atoms with Gasteiger partial charge < -0.3 is 33.3 Å². The van der Waals surface area contributed by atoms with Crippen molar-refractivity contribution in [3.8, 4) is 0 Å². The summed E-state index contributed by atoms with van der Waals surface area (Å²) in [6, 6.07) is 0. The average Bonchev–Trinajstić information content (AvgIpc) is 3.45. The van der Waals surface area contributed by atoms with Gasteiger partial charge in [0.25, 0.3) is 0 Å². The minimum Gasteiger partial charge on any atom is -0.545 e. The molecule has 0 saturated carbocycles. The Labute approximate surface area is 507 Å². The van der Waals surface area contributed by atoms with Crippen LogP contribution in [-0.2, 0) is 33.3 Å². The van der Waals surface area contributed by atoms with Crippen LogP contribution in [0.2, 0.25) is 0 Å². The first-order chi connectivity index (χ1) is 40.1. The second kappa shape index (κ2) is 63.7. The summed E-state index contributed by atoms with van der Waals surface area (Å²) in [6.45, 7) is 4.68. The Kier molecular flexibility index (Phi) is 61.2. The van der Waals surface area contributed by atoms with Crippen LogP contribution in [0.1, 0.15) is 316 Å². The van der Waals surface area contributed by atoms with Gasteiger partial charge in [0.1, 0.15) is 13.2 Å². The predicted octanol–water partition coefficient (Wildman–Crippen LogP) is 20.0. The molecule has 0 aromatic rings. The van der Waals surface area contributed by atoms with Crippen LogP contribution in [0, 0.1) is 0 Å². The molecule has 0 radical (unpaired) electrons. The lowest BCUT2D eigenvalue weighted by molar-refractivity contribution is -0.870. The van der Waals surface area contributed by atoms with Crippen LogP contribution in [-0.4, -0.2) is 82.3 Å². The summed E-state index contributed by atoms with van der Waals surface area (Å²) in [5.41, 5.74) is 0. The average molecular weight is 1150 g/mol. The van der Waals surface area contributed by atoms with Crippen molar-refractivity contribution in [3.63, 3.8) is 0 Å². The van der Waals surface area contributed by atoms with Crippen molar-refractivity contribution >= 4 is 17.9 Å². The van der Waals surface area contributed by atoms with Crippen molar-refractivity contribution in [1.82, 2.24) is 0 Å². The van der Waals surface area contributed by atoms with E-state index in [1.807, 2.05) is 21.1 Å². The third kappa shape index (κ3) is 64.3. The highest BCUT2D eigenvalue weighted by molar-refractivity contribution is 5.70. The minimum atomic E-state index is -1.62. The first-order valence-electron chi connectivity index (χ1n) is 34.6. The number of quaternary nitrogens is 1. The van der Waals surface area contributed by atoms with Crippen LogP contribution >= 0.6 is 0 Å². The number of carbonyl (C=O) groups excluding carboxylic acids is 3. The zero-order chi connectivity index (χ0) is 59.8. The van der Waals surface area contributed by atoms with E-state index >= 15 is 0 Å². The maximum atomic E-state index is 12.9. The van der Waals surface area contributed by atoms with Crippen LogP contribution in [0.4, 0.5) is 0 Å². The summed E-state index contributed by atoms with van der Waals surface area (Å²) >= 11 is 0. The number of likely N-dealkylation sites (N-methyl/N-ethyl adjacent to an activating group) is 1. The van der Waals surface area contributed by atoms with Gasteiger partial charge in [-0.1, -0.05) is 311 Å². The Morgan fingerprint density at radius 2 is 0.695 bits per heavy atom. The van der Waals surface area contributed by atoms with Crippen molar-refractivity contribution in [3.05, 3.63) is 72.9 Å². The molecule has 2 unspecified atom stereocenters. The number of aliphatic carboxylic acids is 1. The predicted molar refractivity (Wildman–Crippen MR) is 348 cm³/mol. The van der Waals surface area contributed by atoms with E-state index in [2.05, 4.69) is 86.8 Å². The molecule has 2 atom stereocenters. The number of carboxylic acids is 1. The topological polar surface area (TPSA) is 111 Å². The van der Waals surface area contributed by atoms with Gasteiger partial charge >= 0.3 is 11.9 Å². The van der Waals surface area contributed by atoms with Crippen LogP contribution in [0.3, 0.4) is 0 Å². The van der Waals surface area contributed by atoms with E-state index in [4.69, 9.17) is 18.9 Å². The first-order valence-corrected chi connectivity index (χ1v) is 34.6. The quantitative estimate of drug-likeness (QED) is 0.0195. The molecular weight excluding hydrogens is 1020 g/mol. The Bertz CT molecular complexity index is 1570. The van der Waals surface area contributed by atoms with Crippen LogP contribution in [0.5, 0.6) is 0 Å². The molecule has 0 amide bonds. The highest BCUT2D eigenvalue weighted by Crippen LogP contribution is 2.18.